The molecule has 0 aliphatic carbocycles. The summed E-state index contributed by atoms with van der Waals surface area (Å²) in [5.41, 5.74) is 2.09. The van der Waals surface area contributed by atoms with Crippen LogP contribution >= 0.6 is 12.2 Å². The molecule has 0 saturated carbocycles. The Hall–Kier alpha value is -2.08. The highest BCUT2D eigenvalue weighted by Crippen LogP contribution is 2.16. The van der Waals surface area contributed by atoms with Crippen molar-refractivity contribution in [2.45, 2.75) is 19.9 Å². The van der Waals surface area contributed by atoms with Crippen molar-refractivity contribution >= 4 is 23.0 Å². The molecule has 0 fully saturated rings. The van der Waals surface area contributed by atoms with Crippen molar-refractivity contribution in [1.82, 2.24) is 15.1 Å². The molecule has 1 aromatic heterocycles. The number of hydrogen-bond acceptors (Lipinski definition) is 3. The van der Waals surface area contributed by atoms with E-state index < -0.39 is 0 Å². The van der Waals surface area contributed by atoms with Gasteiger partial charge in [0.15, 0.2) is 5.11 Å². The molecule has 0 amide bonds. The van der Waals surface area contributed by atoms with Gasteiger partial charge in [-0.2, -0.15) is 5.10 Å². The monoisotopic (exact) mass is 304 g/mol. The van der Waals surface area contributed by atoms with E-state index in [1.807, 2.05) is 41.2 Å². The van der Waals surface area contributed by atoms with Gasteiger partial charge in [-0.05, 0) is 43.8 Å². The lowest BCUT2D eigenvalue weighted by molar-refractivity contribution is 0.415. The van der Waals surface area contributed by atoms with E-state index in [-0.39, 0.29) is 0 Å². The van der Waals surface area contributed by atoms with E-state index in [1.54, 1.807) is 7.11 Å². The first-order chi connectivity index (χ1) is 10.2. The van der Waals surface area contributed by atoms with Gasteiger partial charge in [-0.15, -0.1) is 0 Å². The van der Waals surface area contributed by atoms with Crippen molar-refractivity contribution in [1.29, 1.82) is 0 Å². The minimum Gasteiger partial charge on any atom is -0.497 e. The summed E-state index contributed by atoms with van der Waals surface area (Å²) in [4.78, 5) is 0. The standard InChI is InChI=1S/C15H20N4OS/c1-12-7-9-17-19(12)10-4-8-16-15(21)18-13-5-3-6-14(11-13)20-2/h3,5-7,9,11H,4,8,10H2,1-2H3,(H2,16,18,21). The molecule has 0 unspecified atom stereocenters. The molecule has 0 atom stereocenters. The molecular formula is C15H20N4OS. The fourth-order valence-corrected chi connectivity index (χ4v) is 2.16. The second-order valence-corrected chi connectivity index (χ2v) is 5.07. The average Bonchev–Trinajstić information content (AvgIpc) is 2.89. The second-order valence-electron chi connectivity index (χ2n) is 4.66. The maximum Gasteiger partial charge on any atom is 0.170 e. The van der Waals surface area contributed by atoms with E-state index in [9.17, 15) is 0 Å². The topological polar surface area (TPSA) is 51.1 Å². The van der Waals surface area contributed by atoms with Crippen molar-refractivity contribution < 1.29 is 4.74 Å². The van der Waals surface area contributed by atoms with Crippen LogP contribution in [0.4, 0.5) is 5.69 Å². The van der Waals surface area contributed by atoms with Crippen LogP contribution in [0.15, 0.2) is 36.5 Å². The summed E-state index contributed by atoms with van der Waals surface area (Å²) in [5.74, 6) is 0.803. The van der Waals surface area contributed by atoms with E-state index >= 15 is 0 Å². The van der Waals surface area contributed by atoms with Gasteiger partial charge in [0.25, 0.3) is 0 Å². The van der Waals surface area contributed by atoms with E-state index in [0.717, 1.165) is 30.9 Å². The van der Waals surface area contributed by atoms with Crippen molar-refractivity contribution in [3.63, 3.8) is 0 Å². The highest BCUT2D eigenvalue weighted by Gasteiger charge is 2.00. The predicted molar refractivity (Wildman–Crippen MR) is 88.8 cm³/mol. The van der Waals surface area contributed by atoms with Crippen molar-refractivity contribution in [2.24, 2.45) is 0 Å². The number of benzene rings is 1. The largest absolute Gasteiger partial charge is 0.497 e. The number of thiocarbonyl (C=S) groups is 1. The minimum atomic E-state index is 0.612. The fraction of sp³-hybridized carbons (Fsp3) is 0.333. The van der Waals surface area contributed by atoms with Gasteiger partial charge < -0.3 is 15.4 Å². The first-order valence-electron chi connectivity index (χ1n) is 6.86. The molecule has 21 heavy (non-hydrogen) atoms. The molecule has 0 saturated heterocycles. The molecule has 0 spiro atoms. The summed E-state index contributed by atoms with van der Waals surface area (Å²) in [6.45, 7) is 3.73. The van der Waals surface area contributed by atoms with Crippen LogP contribution in [0.3, 0.4) is 0 Å². The molecule has 1 aromatic carbocycles. The molecule has 112 valence electrons. The Kier molecular flexibility index (Phi) is 5.57. The van der Waals surface area contributed by atoms with E-state index in [2.05, 4.69) is 22.7 Å². The molecule has 0 aliphatic rings. The Morgan fingerprint density at radius 1 is 1.38 bits per heavy atom. The summed E-state index contributed by atoms with van der Waals surface area (Å²) in [7, 11) is 1.65. The molecule has 5 nitrogen and oxygen atoms in total. The lowest BCUT2D eigenvalue weighted by Gasteiger charge is -2.11. The van der Waals surface area contributed by atoms with Gasteiger partial charge in [0.2, 0.25) is 0 Å². The van der Waals surface area contributed by atoms with Crippen molar-refractivity contribution in [3.8, 4) is 5.75 Å². The quantitative estimate of drug-likeness (QED) is 0.634. The maximum atomic E-state index is 5.27. The van der Waals surface area contributed by atoms with E-state index in [4.69, 9.17) is 17.0 Å². The van der Waals surface area contributed by atoms with E-state index in [1.165, 1.54) is 5.69 Å². The van der Waals surface area contributed by atoms with Gasteiger partial charge in [-0.25, -0.2) is 0 Å². The number of ether oxygens (including phenoxy) is 1. The predicted octanol–water partition coefficient (Wildman–Crippen LogP) is 2.58. The second kappa shape index (κ2) is 7.64. The van der Waals surface area contributed by atoms with Crippen LogP contribution in [0.25, 0.3) is 0 Å². The van der Waals surface area contributed by atoms with Gasteiger partial charge in [-0.3, -0.25) is 4.68 Å². The summed E-state index contributed by atoms with van der Waals surface area (Å²) in [5, 5.41) is 11.2. The Morgan fingerprint density at radius 3 is 2.95 bits per heavy atom. The molecule has 0 bridgehead atoms. The van der Waals surface area contributed by atoms with Crippen LogP contribution in [0.1, 0.15) is 12.1 Å². The fourth-order valence-electron chi connectivity index (χ4n) is 1.94. The van der Waals surface area contributed by atoms with Crippen LogP contribution in [0.2, 0.25) is 0 Å². The Balaban J connectivity index is 1.71. The van der Waals surface area contributed by atoms with Crippen LogP contribution in [0.5, 0.6) is 5.75 Å². The smallest absolute Gasteiger partial charge is 0.170 e. The lowest BCUT2D eigenvalue weighted by Crippen LogP contribution is -2.29. The van der Waals surface area contributed by atoms with Gasteiger partial charge >= 0.3 is 0 Å². The highest BCUT2D eigenvalue weighted by molar-refractivity contribution is 7.80. The van der Waals surface area contributed by atoms with Crippen LogP contribution in [-0.2, 0) is 6.54 Å². The minimum absolute atomic E-state index is 0.612. The lowest BCUT2D eigenvalue weighted by atomic mass is 10.3. The third-order valence-corrected chi connectivity index (χ3v) is 3.34. The molecule has 6 heteroatoms. The van der Waals surface area contributed by atoms with Gasteiger partial charge in [0, 0.05) is 36.7 Å². The summed E-state index contributed by atoms with van der Waals surface area (Å²) < 4.78 is 7.16. The zero-order valence-corrected chi connectivity index (χ0v) is 13.1. The van der Waals surface area contributed by atoms with Crippen molar-refractivity contribution in [2.75, 3.05) is 19.0 Å². The summed E-state index contributed by atoms with van der Waals surface area (Å²) in [6.07, 6.45) is 2.78. The maximum absolute atomic E-state index is 5.27. The first-order valence-corrected chi connectivity index (χ1v) is 7.27. The van der Waals surface area contributed by atoms with Crippen LogP contribution in [-0.4, -0.2) is 28.5 Å². The van der Waals surface area contributed by atoms with Crippen LogP contribution in [0, 0.1) is 6.92 Å². The SMILES string of the molecule is COc1cccc(NC(=S)NCCCn2nccc2C)c1. The number of nitrogens with zero attached hydrogens (tertiary/aromatic N) is 2. The molecule has 2 aromatic rings. The molecule has 2 N–H and O–H groups in total. The number of hydrogen-bond donors (Lipinski definition) is 2. The van der Waals surface area contributed by atoms with Gasteiger partial charge in [0.1, 0.15) is 5.75 Å². The van der Waals surface area contributed by atoms with Crippen molar-refractivity contribution in [3.05, 3.63) is 42.2 Å². The highest BCUT2D eigenvalue weighted by atomic mass is 32.1. The molecule has 0 radical (unpaired) electrons. The summed E-state index contributed by atoms with van der Waals surface area (Å²) in [6, 6.07) is 9.67. The average molecular weight is 304 g/mol. The number of nitrogens with one attached hydrogen (secondary N) is 2. The van der Waals surface area contributed by atoms with Gasteiger partial charge in [-0.1, -0.05) is 6.07 Å². The Morgan fingerprint density at radius 2 is 2.24 bits per heavy atom. The zero-order chi connectivity index (χ0) is 15.1. The normalized spacial score (nSPS) is 10.2. The first kappa shape index (κ1) is 15.3. The molecular weight excluding hydrogens is 284 g/mol. The molecule has 1 heterocycles. The van der Waals surface area contributed by atoms with E-state index in [0.29, 0.717) is 5.11 Å². The number of aromatic nitrogens is 2. The number of anilines is 1. The zero-order valence-electron chi connectivity index (χ0n) is 12.3. The third kappa shape index (κ3) is 4.75. The summed E-state index contributed by atoms with van der Waals surface area (Å²) >= 11 is 5.27. The number of rotatable bonds is 6. The van der Waals surface area contributed by atoms with Gasteiger partial charge in [0.05, 0.1) is 7.11 Å². The molecule has 2 rings (SSSR count). The molecule has 0 aliphatic heterocycles. The Labute approximate surface area is 130 Å². The number of aryl methyl sites for hydroxylation is 2. The number of methoxy groups -OCH3 is 1. The van der Waals surface area contributed by atoms with Crippen LogP contribution < -0.4 is 15.4 Å². The Bertz CT molecular complexity index is 597. The third-order valence-electron chi connectivity index (χ3n) is 3.09.